The molecule has 1 aromatic carbocycles. The highest BCUT2D eigenvalue weighted by molar-refractivity contribution is 7.80. The second-order valence-corrected chi connectivity index (χ2v) is 5.98. The van der Waals surface area contributed by atoms with Crippen LogP contribution in [0.5, 0.6) is 0 Å². The molecule has 20 heavy (non-hydrogen) atoms. The molecular formula is C16H24N2OS. The van der Waals surface area contributed by atoms with Crippen molar-refractivity contribution in [3.8, 4) is 0 Å². The lowest BCUT2D eigenvalue weighted by Crippen LogP contribution is -2.40. The summed E-state index contributed by atoms with van der Waals surface area (Å²) in [6, 6.07) is 6.73. The maximum absolute atomic E-state index is 5.58. The van der Waals surface area contributed by atoms with E-state index in [1.165, 1.54) is 16.7 Å². The monoisotopic (exact) mass is 292 g/mol. The van der Waals surface area contributed by atoms with E-state index in [1.54, 1.807) is 0 Å². The minimum absolute atomic E-state index is 0.208. The average Bonchev–Trinajstić information content (AvgIpc) is 2.89. The predicted octanol–water partition coefficient (Wildman–Crippen LogP) is 3.01. The van der Waals surface area contributed by atoms with Gasteiger partial charge in [0.15, 0.2) is 5.11 Å². The summed E-state index contributed by atoms with van der Waals surface area (Å²) in [5, 5.41) is 7.30. The molecule has 2 rings (SSSR count). The molecule has 4 heteroatoms. The highest BCUT2D eigenvalue weighted by atomic mass is 32.1. The van der Waals surface area contributed by atoms with Gasteiger partial charge in [0.05, 0.1) is 12.1 Å². The molecule has 0 aliphatic carbocycles. The fourth-order valence-corrected chi connectivity index (χ4v) is 2.91. The predicted molar refractivity (Wildman–Crippen MR) is 87.0 cm³/mol. The smallest absolute Gasteiger partial charge is 0.166 e. The highest BCUT2D eigenvalue weighted by Gasteiger charge is 2.16. The number of benzene rings is 1. The number of hydrogen-bond donors (Lipinski definition) is 2. The third-order valence-corrected chi connectivity index (χ3v) is 4.02. The minimum Gasteiger partial charge on any atom is -0.376 e. The van der Waals surface area contributed by atoms with E-state index in [4.69, 9.17) is 17.0 Å². The largest absolute Gasteiger partial charge is 0.376 e. The van der Waals surface area contributed by atoms with E-state index in [1.807, 2.05) is 0 Å². The van der Waals surface area contributed by atoms with Crippen LogP contribution in [0.15, 0.2) is 18.2 Å². The molecular weight excluding hydrogens is 268 g/mol. The van der Waals surface area contributed by atoms with Gasteiger partial charge in [-0.05, 0) is 57.0 Å². The first-order chi connectivity index (χ1) is 9.56. The van der Waals surface area contributed by atoms with Crippen molar-refractivity contribution in [2.45, 2.75) is 45.8 Å². The first kappa shape index (κ1) is 15.3. The van der Waals surface area contributed by atoms with Crippen LogP contribution < -0.4 is 10.6 Å². The number of nitrogens with one attached hydrogen (secondary N) is 2. The summed E-state index contributed by atoms with van der Waals surface area (Å²) in [5.41, 5.74) is 3.88. The number of ether oxygens (including phenoxy) is 1. The molecule has 1 saturated heterocycles. The number of thiocarbonyl (C=S) groups is 1. The van der Waals surface area contributed by atoms with Crippen LogP contribution in [0.25, 0.3) is 0 Å². The maximum atomic E-state index is 5.58. The zero-order valence-electron chi connectivity index (χ0n) is 12.5. The molecule has 0 bridgehead atoms. The summed E-state index contributed by atoms with van der Waals surface area (Å²) in [6.45, 7) is 8.07. The number of hydrogen-bond acceptors (Lipinski definition) is 2. The molecule has 1 fully saturated rings. The number of rotatable bonds is 4. The van der Waals surface area contributed by atoms with Gasteiger partial charge in [-0.15, -0.1) is 0 Å². The van der Waals surface area contributed by atoms with E-state index in [0.717, 1.165) is 26.0 Å². The maximum Gasteiger partial charge on any atom is 0.166 e. The molecule has 1 aliphatic rings. The first-order valence-electron chi connectivity index (χ1n) is 7.29. The molecule has 0 aromatic heterocycles. The van der Waals surface area contributed by atoms with Crippen molar-refractivity contribution in [3.63, 3.8) is 0 Å². The van der Waals surface area contributed by atoms with E-state index in [-0.39, 0.29) is 6.04 Å². The molecule has 3 nitrogen and oxygen atoms in total. The Kier molecular flexibility index (Phi) is 5.38. The van der Waals surface area contributed by atoms with Crippen LogP contribution >= 0.6 is 12.2 Å². The lowest BCUT2D eigenvalue weighted by atomic mass is 10.0. The van der Waals surface area contributed by atoms with Crippen LogP contribution in [0.4, 0.5) is 0 Å². The molecule has 0 radical (unpaired) electrons. The van der Waals surface area contributed by atoms with Crippen molar-refractivity contribution in [1.82, 2.24) is 10.6 Å². The summed E-state index contributed by atoms with van der Waals surface area (Å²) in [6.07, 6.45) is 2.60. The topological polar surface area (TPSA) is 33.3 Å². The SMILES string of the molecule is Cc1ccc(C(C)NC(=S)NCC2CCCO2)c(C)c1. The molecule has 2 atom stereocenters. The van der Waals surface area contributed by atoms with E-state index in [2.05, 4.69) is 49.6 Å². The quantitative estimate of drug-likeness (QED) is 0.836. The molecule has 0 amide bonds. The van der Waals surface area contributed by atoms with Crippen molar-refractivity contribution in [1.29, 1.82) is 0 Å². The van der Waals surface area contributed by atoms with E-state index in [9.17, 15) is 0 Å². The van der Waals surface area contributed by atoms with Gasteiger partial charge < -0.3 is 15.4 Å². The van der Waals surface area contributed by atoms with Crippen molar-refractivity contribution >= 4 is 17.3 Å². The molecule has 2 N–H and O–H groups in total. The van der Waals surface area contributed by atoms with Crippen molar-refractivity contribution in [2.24, 2.45) is 0 Å². The van der Waals surface area contributed by atoms with Crippen LogP contribution in [0.3, 0.4) is 0 Å². The third kappa shape index (κ3) is 4.18. The van der Waals surface area contributed by atoms with Gasteiger partial charge in [0.1, 0.15) is 0 Å². The highest BCUT2D eigenvalue weighted by Crippen LogP contribution is 2.18. The molecule has 1 heterocycles. The van der Waals surface area contributed by atoms with Crippen LogP contribution in [0.2, 0.25) is 0 Å². The van der Waals surface area contributed by atoms with Gasteiger partial charge in [0.25, 0.3) is 0 Å². The van der Waals surface area contributed by atoms with E-state index in [0.29, 0.717) is 11.2 Å². The van der Waals surface area contributed by atoms with Gasteiger partial charge in [-0.3, -0.25) is 0 Å². The molecule has 0 spiro atoms. The van der Waals surface area contributed by atoms with Gasteiger partial charge >= 0.3 is 0 Å². The van der Waals surface area contributed by atoms with Crippen LogP contribution in [0, 0.1) is 13.8 Å². The Morgan fingerprint density at radius 3 is 2.90 bits per heavy atom. The van der Waals surface area contributed by atoms with Gasteiger partial charge in [-0.2, -0.15) is 0 Å². The summed E-state index contributed by atoms with van der Waals surface area (Å²) in [7, 11) is 0. The van der Waals surface area contributed by atoms with Crippen molar-refractivity contribution < 1.29 is 4.74 Å². The van der Waals surface area contributed by atoms with Crippen LogP contribution in [-0.4, -0.2) is 24.4 Å². The Bertz CT molecular complexity index is 470. The lowest BCUT2D eigenvalue weighted by molar-refractivity contribution is 0.114. The second kappa shape index (κ2) is 7.04. The van der Waals surface area contributed by atoms with Gasteiger partial charge in [-0.25, -0.2) is 0 Å². The third-order valence-electron chi connectivity index (χ3n) is 3.75. The van der Waals surface area contributed by atoms with Crippen LogP contribution in [0.1, 0.15) is 42.5 Å². The van der Waals surface area contributed by atoms with Crippen LogP contribution in [-0.2, 0) is 4.74 Å². The first-order valence-corrected chi connectivity index (χ1v) is 7.70. The molecule has 1 aromatic rings. The number of aryl methyl sites for hydroxylation is 2. The lowest BCUT2D eigenvalue weighted by Gasteiger charge is -2.20. The fraction of sp³-hybridized carbons (Fsp3) is 0.562. The Hall–Kier alpha value is -1.13. The van der Waals surface area contributed by atoms with Crippen molar-refractivity contribution in [2.75, 3.05) is 13.2 Å². The molecule has 110 valence electrons. The summed E-state index contributed by atoms with van der Waals surface area (Å²) in [4.78, 5) is 0. The second-order valence-electron chi connectivity index (χ2n) is 5.57. The summed E-state index contributed by atoms with van der Waals surface area (Å²) < 4.78 is 5.58. The van der Waals surface area contributed by atoms with Crippen molar-refractivity contribution in [3.05, 3.63) is 34.9 Å². The molecule has 2 unspecified atom stereocenters. The fourth-order valence-electron chi connectivity index (χ4n) is 2.65. The Morgan fingerprint density at radius 1 is 1.45 bits per heavy atom. The Labute approximate surface area is 127 Å². The van der Waals surface area contributed by atoms with Gasteiger partial charge in [0.2, 0.25) is 0 Å². The average molecular weight is 292 g/mol. The van der Waals surface area contributed by atoms with E-state index < -0.39 is 0 Å². The summed E-state index contributed by atoms with van der Waals surface area (Å²) >= 11 is 5.36. The standard InChI is InChI=1S/C16H24N2OS/c1-11-6-7-15(12(2)9-11)13(3)18-16(20)17-10-14-5-4-8-19-14/h6-7,9,13-14H,4-5,8,10H2,1-3H3,(H2,17,18,20). The zero-order chi connectivity index (χ0) is 14.5. The Morgan fingerprint density at radius 2 is 2.25 bits per heavy atom. The Balaban J connectivity index is 1.83. The van der Waals surface area contributed by atoms with Gasteiger partial charge in [0, 0.05) is 13.2 Å². The molecule has 0 saturated carbocycles. The molecule has 1 aliphatic heterocycles. The zero-order valence-corrected chi connectivity index (χ0v) is 13.3. The minimum atomic E-state index is 0.208. The summed E-state index contributed by atoms with van der Waals surface area (Å²) in [5.74, 6) is 0. The van der Waals surface area contributed by atoms with Gasteiger partial charge in [-0.1, -0.05) is 23.8 Å². The normalized spacial score (nSPS) is 19.6. The van der Waals surface area contributed by atoms with E-state index >= 15 is 0 Å².